The molecule has 0 aromatic heterocycles. The molecule has 2 aromatic rings. The van der Waals surface area contributed by atoms with E-state index in [0.29, 0.717) is 24.5 Å². The van der Waals surface area contributed by atoms with Crippen LogP contribution in [-0.4, -0.2) is 36.4 Å². The molecule has 0 saturated heterocycles. The number of anilines is 3. The number of alkyl halides is 3. The average molecular weight is 508 g/mol. The lowest BCUT2D eigenvalue weighted by Crippen LogP contribution is -2.33. The molecule has 0 aliphatic rings. The summed E-state index contributed by atoms with van der Waals surface area (Å²) in [4.78, 5) is 26.1. The zero-order valence-corrected chi connectivity index (χ0v) is 21.4. The second kappa shape index (κ2) is 12.6. The normalized spacial score (nSPS) is 12.5. The fourth-order valence-corrected chi connectivity index (χ4v) is 4.00. The Bertz CT molecular complexity index is 1010. The molecule has 2 amide bonds. The highest BCUT2D eigenvalue weighted by molar-refractivity contribution is 6.02. The van der Waals surface area contributed by atoms with Gasteiger partial charge in [-0.2, -0.15) is 13.2 Å². The fourth-order valence-electron chi connectivity index (χ4n) is 4.00. The van der Waals surface area contributed by atoms with E-state index in [2.05, 4.69) is 10.6 Å². The van der Waals surface area contributed by atoms with Crippen LogP contribution in [-0.2, 0) is 11.2 Å². The van der Waals surface area contributed by atoms with Gasteiger partial charge in [-0.05, 0) is 53.6 Å². The molecular weight excluding hydrogens is 471 g/mol. The highest BCUT2D eigenvalue weighted by atomic mass is 19.4. The van der Waals surface area contributed by atoms with Crippen LogP contribution in [0.25, 0.3) is 0 Å². The van der Waals surface area contributed by atoms with Gasteiger partial charge < -0.3 is 20.6 Å². The van der Waals surface area contributed by atoms with Crippen molar-refractivity contribution in [1.29, 1.82) is 0 Å². The third-order valence-electron chi connectivity index (χ3n) is 5.58. The van der Waals surface area contributed by atoms with Crippen LogP contribution in [0.1, 0.15) is 58.1 Å². The van der Waals surface area contributed by atoms with E-state index in [1.165, 1.54) is 18.2 Å². The Morgan fingerprint density at radius 2 is 1.53 bits per heavy atom. The van der Waals surface area contributed by atoms with Crippen LogP contribution in [0.4, 0.5) is 35.0 Å². The number of carbonyl (C=O) groups excluding carboxylic acids is 1. The number of carbonyl (C=O) groups is 2. The van der Waals surface area contributed by atoms with Gasteiger partial charge in [0.1, 0.15) is 0 Å². The van der Waals surface area contributed by atoms with Crippen molar-refractivity contribution < 1.29 is 27.9 Å². The van der Waals surface area contributed by atoms with Crippen molar-refractivity contribution in [3.8, 4) is 0 Å². The molecular formula is C27H36F3N3O3. The van der Waals surface area contributed by atoms with Gasteiger partial charge in [0.25, 0.3) is 0 Å². The molecule has 0 saturated carbocycles. The number of urea groups is 1. The minimum atomic E-state index is -4.75. The maximum Gasteiger partial charge on any atom is 0.396 e. The molecule has 0 fully saturated rings. The van der Waals surface area contributed by atoms with E-state index in [9.17, 15) is 22.8 Å². The van der Waals surface area contributed by atoms with Crippen molar-refractivity contribution >= 4 is 29.1 Å². The van der Waals surface area contributed by atoms with Gasteiger partial charge >= 0.3 is 18.2 Å². The summed E-state index contributed by atoms with van der Waals surface area (Å²) in [7, 11) is 0. The first-order chi connectivity index (χ1) is 16.8. The zero-order chi connectivity index (χ0) is 27.0. The number of nitrogens with zero attached hydrogens (tertiary/aromatic N) is 1. The van der Waals surface area contributed by atoms with Gasteiger partial charge in [0.15, 0.2) is 0 Å². The van der Waals surface area contributed by atoms with Crippen LogP contribution in [0.5, 0.6) is 0 Å². The Hall–Kier alpha value is -3.23. The number of rotatable bonds is 11. The highest BCUT2D eigenvalue weighted by Gasteiger charge is 2.42. The lowest BCUT2D eigenvalue weighted by atomic mass is 9.94. The van der Waals surface area contributed by atoms with E-state index in [1.807, 2.05) is 51.7 Å². The SMILES string of the molecule is CCc1ccc(NC(=O)Nc2cc(C(CC(=O)O)C(F)(F)F)ccc2N(CC(C)C)CC(C)C)cc1. The minimum Gasteiger partial charge on any atom is -0.481 e. The fraction of sp³-hybridized carbons (Fsp3) is 0.481. The van der Waals surface area contributed by atoms with Crippen LogP contribution in [0.3, 0.4) is 0 Å². The summed E-state index contributed by atoms with van der Waals surface area (Å²) in [5, 5.41) is 14.5. The number of hydrogen-bond acceptors (Lipinski definition) is 3. The molecule has 1 unspecified atom stereocenters. The van der Waals surface area contributed by atoms with E-state index in [0.717, 1.165) is 12.0 Å². The van der Waals surface area contributed by atoms with Gasteiger partial charge in [-0.1, -0.05) is 52.8 Å². The van der Waals surface area contributed by atoms with Crippen molar-refractivity contribution in [1.82, 2.24) is 0 Å². The smallest absolute Gasteiger partial charge is 0.396 e. The molecule has 0 aliphatic carbocycles. The van der Waals surface area contributed by atoms with Gasteiger partial charge in [0, 0.05) is 18.8 Å². The molecule has 2 rings (SSSR count). The van der Waals surface area contributed by atoms with Gasteiger partial charge in [0.2, 0.25) is 0 Å². The van der Waals surface area contributed by atoms with Crippen LogP contribution in [0.15, 0.2) is 42.5 Å². The van der Waals surface area contributed by atoms with E-state index < -0.39 is 30.5 Å². The van der Waals surface area contributed by atoms with Crippen molar-refractivity contribution in [2.45, 2.75) is 59.6 Å². The zero-order valence-electron chi connectivity index (χ0n) is 21.4. The lowest BCUT2D eigenvalue weighted by molar-refractivity contribution is -0.163. The number of amides is 2. The molecule has 1 atom stereocenters. The van der Waals surface area contributed by atoms with Crippen LogP contribution in [0.2, 0.25) is 0 Å². The summed E-state index contributed by atoms with van der Waals surface area (Å²) >= 11 is 0. The minimum absolute atomic E-state index is 0.191. The topological polar surface area (TPSA) is 81.7 Å². The Balaban J connectivity index is 2.48. The van der Waals surface area contributed by atoms with Crippen LogP contribution < -0.4 is 15.5 Å². The molecule has 0 spiro atoms. The third-order valence-corrected chi connectivity index (χ3v) is 5.58. The number of benzene rings is 2. The molecule has 198 valence electrons. The van der Waals surface area contributed by atoms with Gasteiger partial charge in [-0.25, -0.2) is 4.79 Å². The monoisotopic (exact) mass is 507 g/mol. The largest absolute Gasteiger partial charge is 0.481 e. The molecule has 9 heteroatoms. The van der Waals surface area contributed by atoms with E-state index in [4.69, 9.17) is 5.11 Å². The van der Waals surface area contributed by atoms with Gasteiger partial charge in [-0.3, -0.25) is 4.79 Å². The molecule has 2 aromatic carbocycles. The molecule has 0 aliphatic heterocycles. The van der Waals surface area contributed by atoms with Crippen molar-refractivity contribution in [3.05, 3.63) is 53.6 Å². The first kappa shape index (κ1) is 29.0. The standard InChI is InChI=1S/C27H36F3N3O3/c1-6-19-7-10-21(11-8-19)31-26(36)32-23-13-20(22(14-25(34)35)27(28,29)30)9-12-24(23)33(15-17(2)3)16-18(4)5/h7-13,17-18,22H,6,14-16H2,1-5H3,(H,34,35)(H2,31,32,36). The molecule has 0 radical (unpaired) electrons. The number of halogens is 3. The maximum absolute atomic E-state index is 13.7. The summed E-state index contributed by atoms with van der Waals surface area (Å²) in [6.07, 6.45) is -5.00. The third kappa shape index (κ3) is 8.77. The number of carboxylic acids is 1. The van der Waals surface area contributed by atoms with E-state index in [1.54, 1.807) is 12.1 Å². The second-order valence-corrected chi connectivity index (χ2v) is 9.79. The Morgan fingerprint density at radius 1 is 0.944 bits per heavy atom. The molecule has 6 nitrogen and oxygen atoms in total. The molecule has 36 heavy (non-hydrogen) atoms. The van der Waals surface area contributed by atoms with Gasteiger partial charge in [0.05, 0.1) is 23.7 Å². The predicted molar refractivity (Wildman–Crippen MR) is 138 cm³/mol. The predicted octanol–water partition coefficient (Wildman–Crippen LogP) is 7.13. The number of nitrogens with one attached hydrogen (secondary N) is 2. The van der Waals surface area contributed by atoms with Crippen LogP contribution in [0, 0.1) is 11.8 Å². The Morgan fingerprint density at radius 3 is 2.00 bits per heavy atom. The second-order valence-electron chi connectivity index (χ2n) is 9.79. The van der Waals surface area contributed by atoms with E-state index in [-0.39, 0.29) is 23.1 Å². The molecule has 3 N–H and O–H groups in total. The van der Waals surface area contributed by atoms with Gasteiger partial charge in [-0.15, -0.1) is 0 Å². The van der Waals surface area contributed by atoms with Crippen molar-refractivity contribution in [3.63, 3.8) is 0 Å². The molecule has 0 heterocycles. The Kier molecular flexibility index (Phi) is 10.2. The average Bonchev–Trinajstić information content (AvgIpc) is 2.76. The first-order valence-corrected chi connectivity index (χ1v) is 12.1. The number of hydrogen-bond donors (Lipinski definition) is 3. The van der Waals surface area contributed by atoms with Crippen molar-refractivity contribution in [2.75, 3.05) is 28.6 Å². The number of aliphatic carboxylic acids is 1. The molecule has 0 bridgehead atoms. The summed E-state index contributed by atoms with van der Waals surface area (Å²) in [6, 6.07) is 10.8. The van der Waals surface area contributed by atoms with Crippen LogP contribution >= 0.6 is 0 Å². The number of carboxylic acid groups (broad SMARTS) is 1. The summed E-state index contributed by atoms with van der Waals surface area (Å²) < 4.78 is 41.2. The first-order valence-electron chi connectivity index (χ1n) is 12.1. The summed E-state index contributed by atoms with van der Waals surface area (Å²) in [5.41, 5.74) is 2.20. The number of aryl methyl sites for hydroxylation is 1. The van der Waals surface area contributed by atoms with E-state index >= 15 is 0 Å². The summed E-state index contributed by atoms with van der Waals surface area (Å²) in [5.74, 6) is -3.22. The summed E-state index contributed by atoms with van der Waals surface area (Å²) in [6.45, 7) is 11.4. The lowest BCUT2D eigenvalue weighted by Gasteiger charge is -2.31. The quantitative estimate of drug-likeness (QED) is 0.302. The Labute approximate surface area is 210 Å². The highest BCUT2D eigenvalue weighted by Crippen LogP contribution is 2.40. The maximum atomic E-state index is 13.7. The van der Waals surface area contributed by atoms with Crippen molar-refractivity contribution in [2.24, 2.45) is 11.8 Å².